The number of fused-ring (bicyclic) bond motifs is 1. The lowest BCUT2D eigenvalue weighted by Gasteiger charge is -2.12. The minimum absolute atomic E-state index is 0.279. The van der Waals surface area contributed by atoms with Gasteiger partial charge in [-0.1, -0.05) is 24.3 Å². The van der Waals surface area contributed by atoms with Gasteiger partial charge in [-0.15, -0.1) is 0 Å². The van der Waals surface area contributed by atoms with E-state index in [1.165, 1.54) is 0 Å². The molecule has 0 aliphatic rings. The van der Waals surface area contributed by atoms with Gasteiger partial charge in [-0.25, -0.2) is 0 Å². The van der Waals surface area contributed by atoms with Gasteiger partial charge in [0.1, 0.15) is 5.76 Å². The fraction of sp³-hybridized carbons (Fsp3) is 0.133. The van der Waals surface area contributed by atoms with E-state index in [-0.39, 0.29) is 6.04 Å². The van der Waals surface area contributed by atoms with Crippen LogP contribution < -0.4 is 5.73 Å². The zero-order valence-corrected chi connectivity index (χ0v) is 10.1. The van der Waals surface area contributed by atoms with Crippen molar-refractivity contribution in [3.05, 3.63) is 65.7 Å². The van der Waals surface area contributed by atoms with Gasteiger partial charge in [0.05, 0.1) is 17.8 Å². The summed E-state index contributed by atoms with van der Waals surface area (Å²) in [4.78, 5) is 4.42. The van der Waals surface area contributed by atoms with Gasteiger partial charge < -0.3 is 10.2 Å². The Hall–Kier alpha value is -2.13. The molecule has 2 heterocycles. The van der Waals surface area contributed by atoms with Gasteiger partial charge in [0.2, 0.25) is 0 Å². The molecule has 3 heteroatoms. The molecule has 2 N–H and O–H groups in total. The molecule has 0 aliphatic carbocycles. The van der Waals surface area contributed by atoms with E-state index in [9.17, 15) is 0 Å². The number of para-hydroxylation sites is 1. The van der Waals surface area contributed by atoms with Crippen LogP contribution in [0.4, 0.5) is 0 Å². The summed E-state index contributed by atoms with van der Waals surface area (Å²) >= 11 is 0. The van der Waals surface area contributed by atoms with Crippen LogP contribution in [0, 0.1) is 6.92 Å². The maximum absolute atomic E-state index is 6.29. The third-order valence-corrected chi connectivity index (χ3v) is 3.18. The Kier molecular flexibility index (Phi) is 2.61. The van der Waals surface area contributed by atoms with Crippen LogP contribution in [0.25, 0.3) is 10.9 Å². The molecule has 0 spiro atoms. The van der Waals surface area contributed by atoms with Crippen LogP contribution in [0.3, 0.4) is 0 Å². The number of furan rings is 1. The number of pyridine rings is 1. The van der Waals surface area contributed by atoms with E-state index in [4.69, 9.17) is 10.2 Å². The van der Waals surface area contributed by atoms with Crippen molar-refractivity contribution in [3.8, 4) is 0 Å². The molecule has 3 rings (SSSR count). The Labute approximate surface area is 105 Å². The predicted molar refractivity (Wildman–Crippen MR) is 71.2 cm³/mol. The highest BCUT2D eigenvalue weighted by molar-refractivity contribution is 5.82. The quantitative estimate of drug-likeness (QED) is 0.746. The van der Waals surface area contributed by atoms with Crippen molar-refractivity contribution >= 4 is 10.9 Å². The van der Waals surface area contributed by atoms with Crippen LogP contribution in [0.2, 0.25) is 0 Å². The third kappa shape index (κ3) is 1.69. The first-order valence-electron chi connectivity index (χ1n) is 5.90. The van der Waals surface area contributed by atoms with Crippen molar-refractivity contribution in [2.24, 2.45) is 5.73 Å². The molecular formula is C15H14N2O. The van der Waals surface area contributed by atoms with Gasteiger partial charge in [-0.3, -0.25) is 4.98 Å². The number of rotatable bonds is 2. The lowest BCUT2D eigenvalue weighted by molar-refractivity contribution is 0.487. The number of aromatic nitrogens is 1. The Morgan fingerprint density at radius 2 is 2.00 bits per heavy atom. The van der Waals surface area contributed by atoms with Crippen molar-refractivity contribution in [1.29, 1.82) is 0 Å². The molecule has 2 aromatic heterocycles. The SMILES string of the molecule is Cc1ccoc1C(N)c1cccc2cccnc12. The highest BCUT2D eigenvalue weighted by atomic mass is 16.3. The first-order valence-corrected chi connectivity index (χ1v) is 5.90. The van der Waals surface area contributed by atoms with E-state index in [0.717, 1.165) is 27.8 Å². The van der Waals surface area contributed by atoms with Crippen LogP contribution >= 0.6 is 0 Å². The Bertz CT molecular complexity index is 682. The number of nitrogens with zero attached hydrogens (tertiary/aromatic N) is 1. The molecule has 0 amide bonds. The Morgan fingerprint density at radius 3 is 2.78 bits per heavy atom. The second-order valence-electron chi connectivity index (χ2n) is 4.37. The van der Waals surface area contributed by atoms with E-state index < -0.39 is 0 Å². The minimum atomic E-state index is -0.279. The Morgan fingerprint density at radius 1 is 1.17 bits per heavy atom. The zero-order valence-electron chi connectivity index (χ0n) is 10.1. The predicted octanol–water partition coefficient (Wildman–Crippen LogP) is 3.18. The topological polar surface area (TPSA) is 52.0 Å². The molecule has 1 unspecified atom stereocenters. The van der Waals surface area contributed by atoms with Gasteiger partial charge in [0.25, 0.3) is 0 Å². The first-order chi connectivity index (χ1) is 8.77. The largest absolute Gasteiger partial charge is 0.467 e. The van der Waals surface area contributed by atoms with Crippen LogP contribution in [0.1, 0.15) is 22.9 Å². The number of nitrogens with two attached hydrogens (primary N) is 1. The highest BCUT2D eigenvalue weighted by Crippen LogP contribution is 2.27. The van der Waals surface area contributed by atoms with Crippen LogP contribution in [0.15, 0.2) is 53.3 Å². The summed E-state index contributed by atoms with van der Waals surface area (Å²) < 4.78 is 5.48. The van der Waals surface area contributed by atoms with E-state index in [2.05, 4.69) is 4.98 Å². The van der Waals surface area contributed by atoms with Crippen molar-refractivity contribution in [2.45, 2.75) is 13.0 Å². The standard InChI is InChI=1S/C15H14N2O/c1-10-7-9-18-15(10)13(16)12-6-2-4-11-5-3-8-17-14(11)12/h2-9,13H,16H2,1H3. The molecule has 0 bridgehead atoms. The fourth-order valence-corrected chi connectivity index (χ4v) is 2.22. The number of hydrogen-bond acceptors (Lipinski definition) is 3. The smallest absolute Gasteiger partial charge is 0.127 e. The summed E-state index contributed by atoms with van der Waals surface area (Å²) in [7, 11) is 0. The van der Waals surface area contributed by atoms with Gasteiger partial charge in [0, 0.05) is 17.1 Å². The second-order valence-corrected chi connectivity index (χ2v) is 4.37. The molecule has 1 atom stereocenters. The lowest BCUT2D eigenvalue weighted by atomic mass is 10.00. The second kappa shape index (κ2) is 4.27. The summed E-state index contributed by atoms with van der Waals surface area (Å²) in [6.45, 7) is 2.00. The van der Waals surface area contributed by atoms with Crippen molar-refractivity contribution in [1.82, 2.24) is 4.98 Å². The van der Waals surface area contributed by atoms with Crippen molar-refractivity contribution < 1.29 is 4.42 Å². The maximum Gasteiger partial charge on any atom is 0.127 e. The molecular weight excluding hydrogens is 224 g/mol. The number of hydrogen-bond donors (Lipinski definition) is 1. The maximum atomic E-state index is 6.29. The number of aryl methyl sites for hydroxylation is 1. The molecule has 18 heavy (non-hydrogen) atoms. The monoisotopic (exact) mass is 238 g/mol. The average Bonchev–Trinajstić information content (AvgIpc) is 2.83. The van der Waals surface area contributed by atoms with E-state index in [0.29, 0.717) is 0 Å². The molecule has 0 saturated carbocycles. The molecule has 0 fully saturated rings. The van der Waals surface area contributed by atoms with Gasteiger partial charge in [0.15, 0.2) is 0 Å². The van der Waals surface area contributed by atoms with Crippen LogP contribution in [-0.4, -0.2) is 4.98 Å². The fourth-order valence-electron chi connectivity index (χ4n) is 2.22. The zero-order chi connectivity index (χ0) is 12.5. The van der Waals surface area contributed by atoms with Gasteiger partial charge >= 0.3 is 0 Å². The average molecular weight is 238 g/mol. The lowest BCUT2D eigenvalue weighted by Crippen LogP contribution is -2.12. The van der Waals surface area contributed by atoms with Crippen LogP contribution in [0.5, 0.6) is 0 Å². The molecule has 1 aromatic carbocycles. The van der Waals surface area contributed by atoms with E-state index in [1.807, 2.05) is 43.3 Å². The summed E-state index contributed by atoms with van der Waals surface area (Å²) in [5.74, 6) is 0.799. The summed E-state index contributed by atoms with van der Waals surface area (Å²) in [6.07, 6.45) is 3.45. The van der Waals surface area contributed by atoms with Gasteiger partial charge in [-0.2, -0.15) is 0 Å². The first kappa shape index (κ1) is 11.0. The molecule has 90 valence electrons. The molecule has 0 radical (unpaired) electrons. The van der Waals surface area contributed by atoms with Gasteiger partial charge in [-0.05, 0) is 24.6 Å². The molecule has 3 aromatic rings. The summed E-state index contributed by atoms with van der Waals surface area (Å²) in [5, 5.41) is 1.09. The number of benzene rings is 1. The molecule has 0 aliphatic heterocycles. The highest BCUT2D eigenvalue weighted by Gasteiger charge is 2.17. The van der Waals surface area contributed by atoms with Crippen molar-refractivity contribution in [3.63, 3.8) is 0 Å². The molecule has 0 saturated heterocycles. The normalized spacial score (nSPS) is 12.8. The summed E-state index contributed by atoms with van der Waals surface area (Å²) in [5.41, 5.74) is 9.28. The Balaban J connectivity index is 2.18. The summed E-state index contributed by atoms with van der Waals surface area (Å²) in [6, 6.07) is 11.6. The van der Waals surface area contributed by atoms with E-state index in [1.54, 1.807) is 12.5 Å². The minimum Gasteiger partial charge on any atom is -0.467 e. The third-order valence-electron chi connectivity index (χ3n) is 3.18. The van der Waals surface area contributed by atoms with Crippen molar-refractivity contribution in [2.75, 3.05) is 0 Å². The van der Waals surface area contributed by atoms with E-state index >= 15 is 0 Å². The molecule has 3 nitrogen and oxygen atoms in total. The van der Waals surface area contributed by atoms with Crippen LogP contribution in [-0.2, 0) is 0 Å².